The van der Waals surface area contributed by atoms with Gasteiger partial charge < -0.3 is 16.8 Å². The van der Waals surface area contributed by atoms with Gasteiger partial charge in [0.2, 0.25) is 0 Å². The van der Waals surface area contributed by atoms with Crippen LogP contribution >= 0.6 is 15.9 Å². The maximum atomic E-state index is 12.0. The van der Waals surface area contributed by atoms with Crippen molar-refractivity contribution in [2.75, 3.05) is 16.8 Å². The lowest BCUT2D eigenvalue weighted by Gasteiger charge is -2.07. The SMILES string of the molecule is Nc1ccc(C(=O)Nc2ccc(Br)nc2)c(N)c1. The van der Waals surface area contributed by atoms with Crippen molar-refractivity contribution in [3.05, 3.63) is 46.7 Å². The number of amides is 1. The Balaban J connectivity index is 2.19. The van der Waals surface area contributed by atoms with Crippen LogP contribution in [-0.4, -0.2) is 10.9 Å². The van der Waals surface area contributed by atoms with E-state index in [4.69, 9.17) is 11.5 Å². The van der Waals surface area contributed by atoms with Gasteiger partial charge in [-0.2, -0.15) is 0 Å². The first-order valence-corrected chi connectivity index (χ1v) is 5.93. The molecule has 5 nitrogen and oxygen atoms in total. The third-order valence-electron chi connectivity index (χ3n) is 2.31. The Morgan fingerprint density at radius 1 is 1.22 bits per heavy atom. The molecule has 0 unspecified atom stereocenters. The predicted molar refractivity (Wildman–Crippen MR) is 75.2 cm³/mol. The van der Waals surface area contributed by atoms with Crippen molar-refractivity contribution in [3.8, 4) is 0 Å². The van der Waals surface area contributed by atoms with Crippen molar-refractivity contribution in [1.82, 2.24) is 4.98 Å². The first-order chi connectivity index (χ1) is 8.56. The van der Waals surface area contributed by atoms with Crippen LogP contribution in [0, 0.1) is 0 Å². The van der Waals surface area contributed by atoms with Crippen LogP contribution in [0.15, 0.2) is 41.1 Å². The van der Waals surface area contributed by atoms with Gasteiger partial charge >= 0.3 is 0 Å². The summed E-state index contributed by atoms with van der Waals surface area (Å²) in [5, 5.41) is 2.70. The molecule has 1 amide bonds. The van der Waals surface area contributed by atoms with Gasteiger partial charge in [0.1, 0.15) is 4.60 Å². The number of halogens is 1. The van der Waals surface area contributed by atoms with Crippen molar-refractivity contribution in [3.63, 3.8) is 0 Å². The van der Waals surface area contributed by atoms with E-state index < -0.39 is 0 Å². The third-order valence-corrected chi connectivity index (χ3v) is 2.77. The number of hydrogen-bond acceptors (Lipinski definition) is 4. The first-order valence-electron chi connectivity index (χ1n) is 5.14. The van der Waals surface area contributed by atoms with E-state index in [1.807, 2.05) is 0 Å². The zero-order valence-electron chi connectivity index (χ0n) is 9.35. The first kappa shape index (κ1) is 12.4. The number of benzene rings is 1. The van der Waals surface area contributed by atoms with Crippen molar-refractivity contribution >= 4 is 38.9 Å². The molecule has 2 aromatic rings. The molecule has 5 N–H and O–H groups in total. The fourth-order valence-electron chi connectivity index (χ4n) is 1.44. The minimum absolute atomic E-state index is 0.295. The molecule has 0 fully saturated rings. The standard InChI is InChI=1S/C12H11BrN4O/c13-11-4-2-8(6-16-11)17-12(18)9-3-1-7(14)5-10(9)15/h1-6H,14-15H2,(H,17,18). The molecule has 2 rings (SSSR count). The highest BCUT2D eigenvalue weighted by atomic mass is 79.9. The number of hydrogen-bond donors (Lipinski definition) is 3. The number of carbonyl (C=O) groups is 1. The molecule has 0 aliphatic heterocycles. The van der Waals surface area contributed by atoms with E-state index >= 15 is 0 Å². The van der Waals surface area contributed by atoms with Crippen LogP contribution < -0.4 is 16.8 Å². The van der Waals surface area contributed by atoms with Gasteiger partial charge in [0, 0.05) is 11.4 Å². The van der Waals surface area contributed by atoms with Crippen LogP contribution in [0.1, 0.15) is 10.4 Å². The lowest BCUT2D eigenvalue weighted by Crippen LogP contribution is -2.14. The van der Waals surface area contributed by atoms with Gasteiger partial charge in [0.25, 0.3) is 5.91 Å². The maximum Gasteiger partial charge on any atom is 0.257 e. The topological polar surface area (TPSA) is 94.0 Å². The van der Waals surface area contributed by atoms with Gasteiger partial charge in [0.05, 0.1) is 17.4 Å². The number of rotatable bonds is 2. The predicted octanol–water partition coefficient (Wildman–Crippen LogP) is 2.26. The highest BCUT2D eigenvalue weighted by Gasteiger charge is 2.10. The minimum atomic E-state index is -0.295. The molecule has 1 heterocycles. The number of aromatic nitrogens is 1. The van der Waals surface area contributed by atoms with E-state index in [0.717, 1.165) is 0 Å². The number of nitrogens with one attached hydrogen (secondary N) is 1. The van der Waals surface area contributed by atoms with Gasteiger partial charge in [-0.25, -0.2) is 4.98 Å². The van der Waals surface area contributed by atoms with Crippen LogP contribution in [0.25, 0.3) is 0 Å². The summed E-state index contributed by atoms with van der Waals surface area (Å²) in [6, 6.07) is 8.25. The average Bonchev–Trinajstić information content (AvgIpc) is 2.32. The minimum Gasteiger partial charge on any atom is -0.399 e. The molecule has 0 bridgehead atoms. The van der Waals surface area contributed by atoms with E-state index in [2.05, 4.69) is 26.2 Å². The summed E-state index contributed by atoms with van der Waals surface area (Å²) >= 11 is 3.22. The summed E-state index contributed by atoms with van der Waals surface area (Å²) in [5.74, 6) is -0.295. The smallest absolute Gasteiger partial charge is 0.257 e. The summed E-state index contributed by atoms with van der Waals surface area (Å²) in [6.07, 6.45) is 1.55. The molecule has 0 saturated carbocycles. The molecular formula is C12H11BrN4O. The number of pyridine rings is 1. The molecule has 1 aromatic heterocycles. The Bertz CT molecular complexity index is 583. The Hall–Kier alpha value is -2.08. The highest BCUT2D eigenvalue weighted by molar-refractivity contribution is 9.10. The summed E-state index contributed by atoms with van der Waals surface area (Å²) < 4.78 is 0.701. The fraction of sp³-hybridized carbons (Fsp3) is 0. The molecule has 0 aliphatic carbocycles. The molecule has 0 atom stereocenters. The summed E-state index contributed by atoms with van der Waals surface area (Å²) in [7, 11) is 0. The van der Waals surface area contributed by atoms with Crippen LogP contribution in [0.3, 0.4) is 0 Å². The number of nitrogens with two attached hydrogens (primary N) is 2. The number of nitrogen functional groups attached to an aromatic ring is 2. The Labute approximate surface area is 112 Å². The Morgan fingerprint density at radius 2 is 2.00 bits per heavy atom. The van der Waals surface area contributed by atoms with Gasteiger partial charge in [-0.3, -0.25) is 4.79 Å². The normalized spacial score (nSPS) is 10.1. The van der Waals surface area contributed by atoms with Crippen LogP contribution in [0.5, 0.6) is 0 Å². The van der Waals surface area contributed by atoms with Gasteiger partial charge in [-0.1, -0.05) is 0 Å². The van der Waals surface area contributed by atoms with E-state index in [1.54, 1.807) is 36.5 Å². The molecule has 0 aliphatic rings. The highest BCUT2D eigenvalue weighted by Crippen LogP contribution is 2.18. The number of anilines is 3. The molecule has 18 heavy (non-hydrogen) atoms. The van der Waals surface area contributed by atoms with Crippen molar-refractivity contribution < 1.29 is 4.79 Å². The lowest BCUT2D eigenvalue weighted by molar-refractivity contribution is 0.102. The largest absolute Gasteiger partial charge is 0.399 e. The summed E-state index contributed by atoms with van der Waals surface area (Å²) in [6.45, 7) is 0. The Morgan fingerprint density at radius 3 is 2.61 bits per heavy atom. The van der Waals surface area contributed by atoms with E-state index in [9.17, 15) is 4.79 Å². The second kappa shape index (κ2) is 5.05. The Kier molecular flexibility index (Phi) is 3.47. The fourth-order valence-corrected chi connectivity index (χ4v) is 1.67. The van der Waals surface area contributed by atoms with Crippen molar-refractivity contribution in [2.24, 2.45) is 0 Å². The summed E-state index contributed by atoms with van der Waals surface area (Å²) in [4.78, 5) is 16.0. The molecule has 0 saturated heterocycles. The maximum absolute atomic E-state index is 12.0. The van der Waals surface area contributed by atoms with Crippen molar-refractivity contribution in [2.45, 2.75) is 0 Å². The number of carbonyl (C=O) groups excluding carboxylic acids is 1. The van der Waals surface area contributed by atoms with Gasteiger partial charge in [0.15, 0.2) is 0 Å². The van der Waals surface area contributed by atoms with Crippen LogP contribution in [-0.2, 0) is 0 Å². The second-order valence-corrected chi connectivity index (χ2v) is 4.48. The second-order valence-electron chi connectivity index (χ2n) is 3.67. The summed E-state index contributed by atoms with van der Waals surface area (Å²) in [5.41, 5.74) is 13.2. The molecular weight excluding hydrogens is 296 g/mol. The number of nitrogens with zero attached hydrogens (tertiary/aromatic N) is 1. The van der Waals surface area contributed by atoms with Gasteiger partial charge in [-0.05, 0) is 46.3 Å². The zero-order valence-corrected chi connectivity index (χ0v) is 10.9. The van der Waals surface area contributed by atoms with Crippen LogP contribution in [0.4, 0.5) is 17.1 Å². The van der Waals surface area contributed by atoms with E-state index in [-0.39, 0.29) is 5.91 Å². The van der Waals surface area contributed by atoms with Crippen LogP contribution in [0.2, 0.25) is 0 Å². The van der Waals surface area contributed by atoms with E-state index in [1.165, 1.54) is 0 Å². The quantitative estimate of drug-likeness (QED) is 0.586. The molecule has 0 radical (unpaired) electrons. The third kappa shape index (κ3) is 2.78. The molecule has 0 spiro atoms. The van der Waals surface area contributed by atoms with Gasteiger partial charge in [-0.15, -0.1) is 0 Å². The zero-order chi connectivity index (χ0) is 13.1. The average molecular weight is 307 g/mol. The molecule has 1 aromatic carbocycles. The van der Waals surface area contributed by atoms with E-state index in [0.29, 0.717) is 27.2 Å². The molecule has 92 valence electrons. The monoisotopic (exact) mass is 306 g/mol. The lowest BCUT2D eigenvalue weighted by atomic mass is 10.1. The molecule has 6 heteroatoms. The van der Waals surface area contributed by atoms with Crippen molar-refractivity contribution in [1.29, 1.82) is 0 Å².